The summed E-state index contributed by atoms with van der Waals surface area (Å²) >= 11 is 0. The second-order valence-electron chi connectivity index (χ2n) is 6.51. The Bertz CT molecular complexity index is 409. The number of hydrogen-bond donors (Lipinski definition) is 1. The zero-order valence-electron chi connectivity index (χ0n) is 11.8. The first-order valence-corrected chi connectivity index (χ1v) is 9.62. The van der Waals surface area contributed by atoms with Crippen molar-refractivity contribution in [1.82, 2.24) is 10.2 Å². The quantitative estimate of drug-likeness (QED) is 0.843. The minimum atomic E-state index is -2.75. The molecule has 3 aliphatic heterocycles. The van der Waals surface area contributed by atoms with Gasteiger partial charge >= 0.3 is 0 Å². The van der Waals surface area contributed by atoms with Crippen LogP contribution in [0.15, 0.2) is 0 Å². The minimum Gasteiger partial charge on any atom is -0.314 e. The number of sulfone groups is 1. The summed E-state index contributed by atoms with van der Waals surface area (Å²) in [6.45, 7) is 3.32. The molecule has 5 heteroatoms. The lowest BCUT2D eigenvalue weighted by atomic mass is 9.95. The molecule has 0 spiro atoms. The Kier molecular flexibility index (Phi) is 3.89. The highest BCUT2D eigenvalue weighted by Crippen LogP contribution is 2.39. The summed E-state index contributed by atoms with van der Waals surface area (Å²) in [5.41, 5.74) is 0. The van der Waals surface area contributed by atoms with Crippen LogP contribution < -0.4 is 5.32 Å². The van der Waals surface area contributed by atoms with Crippen molar-refractivity contribution in [2.45, 2.75) is 69.6 Å². The van der Waals surface area contributed by atoms with Gasteiger partial charge in [0.2, 0.25) is 0 Å². The molecule has 3 fully saturated rings. The van der Waals surface area contributed by atoms with Gasteiger partial charge in [-0.05, 0) is 45.1 Å². The third-order valence-electron chi connectivity index (χ3n) is 5.10. The van der Waals surface area contributed by atoms with Crippen LogP contribution in [0.25, 0.3) is 0 Å². The standard InChI is InChI=1S/C14H26N2O2S/c1-2-6-15-11-8-12-3-4-13(9-11)16(12)14-5-7-19(17,18)10-14/h11-15H,2-10H2,1H3. The summed E-state index contributed by atoms with van der Waals surface area (Å²) < 4.78 is 23.4. The first-order chi connectivity index (χ1) is 9.09. The van der Waals surface area contributed by atoms with Crippen LogP contribution in [0.4, 0.5) is 0 Å². The molecule has 3 saturated heterocycles. The molecule has 3 atom stereocenters. The average Bonchev–Trinajstić information content (AvgIpc) is 2.84. The van der Waals surface area contributed by atoms with Gasteiger partial charge in [-0.15, -0.1) is 0 Å². The van der Waals surface area contributed by atoms with E-state index in [2.05, 4.69) is 17.1 Å². The van der Waals surface area contributed by atoms with Crippen LogP contribution in [0.3, 0.4) is 0 Å². The molecule has 4 nitrogen and oxygen atoms in total. The van der Waals surface area contributed by atoms with Crippen molar-refractivity contribution in [2.75, 3.05) is 18.1 Å². The maximum absolute atomic E-state index is 11.7. The zero-order chi connectivity index (χ0) is 13.5. The highest BCUT2D eigenvalue weighted by Gasteiger charge is 2.46. The Morgan fingerprint density at radius 1 is 1.11 bits per heavy atom. The van der Waals surface area contributed by atoms with Crippen LogP contribution in [0.1, 0.15) is 45.4 Å². The Morgan fingerprint density at radius 2 is 1.79 bits per heavy atom. The number of nitrogens with zero attached hydrogens (tertiary/aromatic N) is 1. The molecule has 3 aliphatic rings. The summed E-state index contributed by atoms with van der Waals surface area (Å²) in [5, 5.41) is 3.65. The molecule has 0 aromatic rings. The van der Waals surface area contributed by atoms with Crippen molar-refractivity contribution in [2.24, 2.45) is 0 Å². The monoisotopic (exact) mass is 286 g/mol. The largest absolute Gasteiger partial charge is 0.314 e. The van der Waals surface area contributed by atoms with Crippen LogP contribution in [-0.4, -0.2) is 55.5 Å². The van der Waals surface area contributed by atoms with Gasteiger partial charge in [-0.3, -0.25) is 4.90 Å². The van der Waals surface area contributed by atoms with Gasteiger partial charge in [0, 0.05) is 24.2 Å². The van der Waals surface area contributed by atoms with E-state index in [1.807, 2.05) is 0 Å². The number of nitrogens with one attached hydrogen (secondary N) is 1. The normalized spacial score (nSPS) is 41.7. The van der Waals surface area contributed by atoms with E-state index in [0.717, 1.165) is 13.0 Å². The van der Waals surface area contributed by atoms with E-state index in [9.17, 15) is 8.42 Å². The second-order valence-corrected chi connectivity index (χ2v) is 8.74. The molecule has 0 amide bonds. The maximum atomic E-state index is 11.7. The van der Waals surface area contributed by atoms with Gasteiger partial charge < -0.3 is 5.32 Å². The van der Waals surface area contributed by atoms with Crippen LogP contribution in [0.2, 0.25) is 0 Å². The van der Waals surface area contributed by atoms with Gasteiger partial charge in [-0.2, -0.15) is 0 Å². The lowest BCUT2D eigenvalue weighted by Crippen LogP contribution is -2.53. The fourth-order valence-electron chi connectivity index (χ4n) is 4.34. The van der Waals surface area contributed by atoms with Crippen LogP contribution in [0, 0.1) is 0 Å². The van der Waals surface area contributed by atoms with Gasteiger partial charge in [0.15, 0.2) is 9.84 Å². The summed E-state index contributed by atoms with van der Waals surface area (Å²) in [6, 6.07) is 2.24. The van der Waals surface area contributed by atoms with Crippen LogP contribution in [0.5, 0.6) is 0 Å². The molecule has 110 valence electrons. The number of hydrogen-bond acceptors (Lipinski definition) is 4. The highest BCUT2D eigenvalue weighted by atomic mass is 32.2. The fourth-order valence-corrected chi connectivity index (χ4v) is 6.06. The average molecular weight is 286 g/mol. The molecule has 0 saturated carbocycles. The maximum Gasteiger partial charge on any atom is 0.151 e. The van der Waals surface area contributed by atoms with Crippen molar-refractivity contribution in [1.29, 1.82) is 0 Å². The lowest BCUT2D eigenvalue weighted by Gasteiger charge is -2.42. The number of rotatable bonds is 4. The van der Waals surface area contributed by atoms with E-state index in [4.69, 9.17) is 0 Å². The zero-order valence-corrected chi connectivity index (χ0v) is 12.7. The molecule has 3 heterocycles. The fraction of sp³-hybridized carbons (Fsp3) is 1.00. The summed E-state index contributed by atoms with van der Waals surface area (Å²) in [7, 11) is -2.75. The summed E-state index contributed by atoms with van der Waals surface area (Å²) in [6.07, 6.45) is 7.02. The molecule has 1 N–H and O–H groups in total. The van der Waals surface area contributed by atoms with Crippen molar-refractivity contribution < 1.29 is 8.42 Å². The van der Waals surface area contributed by atoms with Crippen molar-refractivity contribution in [3.8, 4) is 0 Å². The van der Waals surface area contributed by atoms with Gasteiger partial charge in [-0.1, -0.05) is 6.92 Å². The Labute approximate surface area is 116 Å². The molecule has 19 heavy (non-hydrogen) atoms. The predicted octanol–water partition coefficient (Wildman–Crippen LogP) is 1.17. The van der Waals surface area contributed by atoms with E-state index in [1.165, 1.54) is 32.1 Å². The molecular formula is C14H26N2O2S. The number of piperidine rings is 1. The molecule has 0 radical (unpaired) electrons. The van der Waals surface area contributed by atoms with Gasteiger partial charge in [0.05, 0.1) is 11.5 Å². The van der Waals surface area contributed by atoms with Gasteiger partial charge in [0.1, 0.15) is 0 Å². The highest BCUT2D eigenvalue weighted by molar-refractivity contribution is 7.91. The van der Waals surface area contributed by atoms with Gasteiger partial charge in [-0.25, -0.2) is 8.42 Å². The van der Waals surface area contributed by atoms with Crippen LogP contribution >= 0.6 is 0 Å². The predicted molar refractivity (Wildman–Crippen MR) is 77.0 cm³/mol. The van der Waals surface area contributed by atoms with Gasteiger partial charge in [0.25, 0.3) is 0 Å². The molecule has 0 aliphatic carbocycles. The second kappa shape index (κ2) is 5.34. The Morgan fingerprint density at radius 3 is 2.32 bits per heavy atom. The molecule has 3 rings (SSSR count). The van der Waals surface area contributed by atoms with E-state index in [1.54, 1.807) is 0 Å². The number of fused-ring (bicyclic) bond motifs is 2. The molecular weight excluding hydrogens is 260 g/mol. The van der Waals surface area contributed by atoms with E-state index in [-0.39, 0.29) is 0 Å². The molecule has 2 bridgehead atoms. The SMILES string of the molecule is CCCNC1CC2CCC(C1)N2C1CCS(=O)(=O)C1. The van der Waals surface area contributed by atoms with Crippen molar-refractivity contribution in [3.63, 3.8) is 0 Å². The van der Waals surface area contributed by atoms with E-state index in [0.29, 0.717) is 35.7 Å². The van der Waals surface area contributed by atoms with E-state index >= 15 is 0 Å². The third kappa shape index (κ3) is 2.83. The van der Waals surface area contributed by atoms with Crippen molar-refractivity contribution in [3.05, 3.63) is 0 Å². The lowest BCUT2D eigenvalue weighted by molar-refractivity contribution is 0.0803. The molecule has 0 aromatic heterocycles. The molecule has 3 unspecified atom stereocenters. The van der Waals surface area contributed by atoms with E-state index < -0.39 is 9.84 Å². The smallest absolute Gasteiger partial charge is 0.151 e. The Hall–Kier alpha value is -0.130. The molecule has 0 aromatic carbocycles. The first-order valence-electron chi connectivity index (χ1n) is 7.80. The Balaban J connectivity index is 1.64. The minimum absolute atomic E-state index is 0.314. The van der Waals surface area contributed by atoms with Crippen molar-refractivity contribution >= 4 is 9.84 Å². The summed E-state index contributed by atoms with van der Waals surface area (Å²) in [4.78, 5) is 2.58. The first kappa shape index (κ1) is 13.8. The third-order valence-corrected chi connectivity index (χ3v) is 6.85. The summed E-state index contributed by atoms with van der Waals surface area (Å²) in [5.74, 6) is 0.818. The van der Waals surface area contributed by atoms with Crippen LogP contribution in [-0.2, 0) is 9.84 Å². The topological polar surface area (TPSA) is 49.4 Å².